The summed E-state index contributed by atoms with van der Waals surface area (Å²) in [5.41, 5.74) is -0.666. The number of hydrogen-bond donors (Lipinski definition) is 1. The highest BCUT2D eigenvalue weighted by Gasteiger charge is 2.47. The van der Waals surface area contributed by atoms with Gasteiger partial charge in [0.05, 0.1) is 6.07 Å². The molecule has 0 saturated heterocycles. The standard InChI is InChI=1S/C11H16N2O/c1-2-8-6-9(8)13-10(14)11(7-12)4-3-5-11/h8-9H,2-6H2,1H3,(H,13,14). The Labute approximate surface area is 84.5 Å². The van der Waals surface area contributed by atoms with Crippen molar-refractivity contribution in [2.45, 2.75) is 45.1 Å². The van der Waals surface area contributed by atoms with Gasteiger partial charge in [0, 0.05) is 6.04 Å². The molecule has 3 nitrogen and oxygen atoms in total. The third-order valence-corrected chi connectivity index (χ3v) is 3.62. The first kappa shape index (κ1) is 9.51. The largest absolute Gasteiger partial charge is 0.352 e. The number of nitrogens with zero attached hydrogens (tertiary/aromatic N) is 1. The van der Waals surface area contributed by atoms with E-state index in [-0.39, 0.29) is 5.91 Å². The van der Waals surface area contributed by atoms with E-state index in [1.54, 1.807) is 0 Å². The van der Waals surface area contributed by atoms with E-state index in [1.807, 2.05) is 0 Å². The Morgan fingerprint density at radius 3 is 2.71 bits per heavy atom. The van der Waals surface area contributed by atoms with Gasteiger partial charge in [0.15, 0.2) is 0 Å². The maximum atomic E-state index is 11.8. The van der Waals surface area contributed by atoms with E-state index < -0.39 is 5.41 Å². The zero-order valence-corrected chi connectivity index (χ0v) is 8.55. The van der Waals surface area contributed by atoms with E-state index in [2.05, 4.69) is 18.3 Å². The van der Waals surface area contributed by atoms with E-state index in [4.69, 9.17) is 5.26 Å². The Morgan fingerprint density at radius 1 is 1.64 bits per heavy atom. The summed E-state index contributed by atoms with van der Waals surface area (Å²) in [5.74, 6) is 0.641. The molecular weight excluding hydrogens is 176 g/mol. The Kier molecular flexibility index (Phi) is 2.22. The fourth-order valence-electron chi connectivity index (χ4n) is 2.10. The maximum absolute atomic E-state index is 11.8. The number of carbonyl (C=O) groups is 1. The summed E-state index contributed by atoms with van der Waals surface area (Å²) in [4.78, 5) is 11.8. The lowest BCUT2D eigenvalue weighted by molar-refractivity contribution is -0.131. The van der Waals surface area contributed by atoms with Crippen molar-refractivity contribution in [1.29, 1.82) is 5.26 Å². The van der Waals surface area contributed by atoms with E-state index in [0.29, 0.717) is 12.0 Å². The van der Waals surface area contributed by atoms with Gasteiger partial charge in [0.25, 0.3) is 0 Å². The monoisotopic (exact) mass is 192 g/mol. The van der Waals surface area contributed by atoms with Crippen LogP contribution in [0.4, 0.5) is 0 Å². The van der Waals surface area contributed by atoms with Crippen LogP contribution < -0.4 is 5.32 Å². The molecule has 14 heavy (non-hydrogen) atoms. The summed E-state index contributed by atoms with van der Waals surface area (Å²) in [6.45, 7) is 2.14. The molecule has 0 bridgehead atoms. The maximum Gasteiger partial charge on any atom is 0.240 e. The van der Waals surface area contributed by atoms with Crippen LogP contribution in [0.25, 0.3) is 0 Å². The van der Waals surface area contributed by atoms with Crippen LogP contribution in [0.2, 0.25) is 0 Å². The zero-order chi connectivity index (χ0) is 10.2. The molecule has 2 saturated carbocycles. The molecule has 1 amide bonds. The SMILES string of the molecule is CCC1CC1NC(=O)C1(C#N)CCC1. The molecule has 2 fully saturated rings. The average molecular weight is 192 g/mol. The number of carbonyl (C=O) groups excluding carboxylic acids is 1. The predicted molar refractivity (Wildman–Crippen MR) is 52.2 cm³/mol. The van der Waals surface area contributed by atoms with Crippen LogP contribution in [0.3, 0.4) is 0 Å². The van der Waals surface area contributed by atoms with Crippen molar-refractivity contribution in [2.75, 3.05) is 0 Å². The Hall–Kier alpha value is -1.04. The normalized spacial score (nSPS) is 32.6. The highest BCUT2D eigenvalue weighted by molar-refractivity contribution is 5.86. The molecule has 0 aromatic heterocycles. The second kappa shape index (κ2) is 3.27. The van der Waals surface area contributed by atoms with Crippen molar-refractivity contribution < 1.29 is 4.79 Å². The number of amides is 1. The molecule has 0 aromatic rings. The fraction of sp³-hybridized carbons (Fsp3) is 0.818. The smallest absolute Gasteiger partial charge is 0.240 e. The molecule has 76 valence electrons. The Balaban J connectivity index is 1.87. The zero-order valence-electron chi connectivity index (χ0n) is 8.55. The van der Waals surface area contributed by atoms with Gasteiger partial charge in [-0.3, -0.25) is 4.79 Å². The van der Waals surface area contributed by atoms with Gasteiger partial charge in [0.2, 0.25) is 5.91 Å². The van der Waals surface area contributed by atoms with Gasteiger partial charge in [-0.1, -0.05) is 13.3 Å². The minimum atomic E-state index is -0.666. The van der Waals surface area contributed by atoms with Gasteiger partial charge >= 0.3 is 0 Å². The molecule has 0 radical (unpaired) electrons. The van der Waals surface area contributed by atoms with Crippen LogP contribution in [0.5, 0.6) is 0 Å². The highest BCUT2D eigenvalue weighted by atomic mass is 16.2. The first-order valence-corrected chi connectivity index (χ1v) is 5.44. The van der Waals surface area contributed by atoms with Crippen molar-refractivity contribution in [3.63, 3.8) is 0 Å². The molecule has 0 heterocycles. The highest BCUT2D eigenvalue weighted by Crippen LogP contribution is 2.42. The number of nitrogens with one attached hydrogen (secondary N) is 1. The van der Waals surface area contributed by atoms with Crippen molar-refractivity contribution in [3.8, 4) is 6.07 Å². The fourth-order valence-corrected chi connectivity index (χ4v) is 2.10. The average Bonchev–Trinajstić information content (AvgIpc) is 2.82. The second-order valence-electron chi connectivity index (χ2n) is 4.53. The second-order valence-corrected chi connectivity index (χ2v) is 4.53. The van der Waals surface area contributed by atoms with E-state index in [1.165, 1.54) is 0 Å². The predicted octanol–water partition coefficient (Wildman–Crippen LogP) is 1.59. The van der Waals surface area contributed by atoms with E-state index >= 15 is 0 Å². The van der Waals surface area contributed by atoms with Gasteiger partial charge in [0.1, 0.15) is 5.41 Å². The molecule has 3 heteroatoms. The lowest BCUT2D eigenvalue weighted by Crippen LogP contribution is -2.45. The number of rotatable bonds is 3. The first-order chi connectivity index (χ1) is 6.72. The van der Waals surface area contributed by atoms with Gasteiger partial charge in [-0.05, 0) is 31.6 Å². The first-order valence-electron chi connectivity index (χ1n) is 5.44. The topological polar surface area (TPSA) is 52.9 Å². The summed E-state index contributed by atoms with van der Waals surface area (Å²) < 4.78 is 0. The quantitative estimate of drug-likeness (QED) is 0.738. The van der Waals surface area contributed by atoms with Crippen molar-refractivity contribution in [2.24, 2.45) is 11.3 Å². The molecule has 0 aromatic carbocycles. The van der Waals surface area contributed by atoms with Crippen LogP contribution >= 0.6 is 0 Å². The summed E-state index contributed by atoms with van der Waals surface area (Å²) in [7, 11) is 0. The number of hydrogen-bond acceptors (Lipinski definition) is 2. The van der Waals surface area contributed by atoms with Gasteiger partial charge in [-0.15, -0.1) is 0 Å². The summed E-state index contributed by atoms with van der Waals surface area (Å²) in [6.07, 6.45) is 4.74. The van der Waals surface area contributed by atoms with Gasteiger partial charge in [-0.2, -0.15) is 5.26 Å². The third kappa shape index (κ3) is 1.39. The van der Waals surface area contributed by atoms with Gasteiger partial charge in [-0.25, -0.2) is 0 Å². The Morgan fingerprint density at radius 2 is 2.36 bits per heavy atom. The molecule has 2 rings (SSSR count). The lowest BCUT2D eigenvalue weighted by Gasteiger charge is -2.33. The van der Waals surface area contributed by atoms with Crippen LogP contribution in [0, 0.1) is 22.7 Å². The van der Waals surface area contributed by atoms with Crippen molar-refractivity contribution in [1.82, 2.24) is 5.32 Å². The molecular formula is C11H16N2O. The molecule has 1 N–H and O–H groups in total. The van der Waals surface area contributed by atoms with Crippen LogP contribution in [0.15, 0.2) is 0 Å². The summed E-state index contributed by atoms with van der Waals surface area (Å²) >= 11 is 0. The summed E-state index contributed by atoms with van der Waals surface area (Å²) in [6, 6.07) is 2.53. The lowest BCUT2D eigenvalue weighted by atomic mass is 9.69. The minimum Gasteiger partial charge on any atom is -0.352 e. The molecule has 2 aliphatic carbocycles. The Bertz CT molecular complexity index is 288. The molecule has 2 unspecified atom stereocenters. The van der Waals surface area contributed by atoms with Gasteiger partial charge < -0.3 is 5.32 Å². The van der Waals surface area contributed by atoms with E-state index in [0.717, 1.165) is 32.1 Å². The summed E-state index contributed by atoms with van der Waals surface area (Å²) in [5, 5.41) is 11.9. The van der Waals surface area contributed by atoms with Crippen LogP contribution in [0.1, 0.15) is 39.0 Å². The molecule has 2 atom stereocenters. The van der Waals surface area contributed by atoms with Crippen LogP contribution in [-0.2, 0) is 4.79 Å². The van der Waals surface area contributed by atoms with Crippen molar-refractivity contribution >= 4 is 5.91 Å². The molecule has 2 aliphatic rings. The molecule has 0 spiro atoms. The van der Waals surface area contributed by atoms with Crippen molar-refractivity contribution in [3.05, 3.63) is 0 Å². The third-order valence-electron chi connectivity index (χ3n) is 3.62. The van der Waals surface area contributed by atoms with Crippen LogP contribution in [-0.4, -0.2) is 11.9 Å². The molecule has 0 aliphatic heterocycles. The number of nitriles is 1. The minimum absolute atomic E-state index is 0.0211. The van der Waals surface area contributed by atoms with E-state index in [9.17, 15) is 4.79 Å².